The van der Waals surface area contributed by atoms with Crippen LogP contribution in [0.4, 0.5) is 0 Å². The Kier molecular flexibility index (Phi) is 7.32. The third-order valence-electron chi connectivity index (χ3n) is 4.48. The summed E-state index contributed by atoms with van der Waals surface area (Å²) in [5.74, 6) is 1.29. The second kappa shape index (κ2) is 8.52. The molecule has 7 heteroatoms. The smallest absolute Gasteiger partial charge is 0.224 e. The lowest BCUT2D eigenvalue weighted by Gasteiger charge is -2.19. The van der Waals surface area contributed by atoms with Crippen molar-refractivity contribution in [2.75, 3.05) is 6.54 Å². The number of nitrogens with one attached hydrogen (secondary N) is 2. The van der Waals surface area contributed by atoms with Crippen molar-refractivity contribution in [3.8, 4) is 0 Å². The molecule has 1 aromatic carbocycles. The molecule has 1 saturated carbocycles. The predicted molar refractivity (Wildman–Crippen MR) is 97.0 cm³/mol. The van der Waals surface area contributed by atoms with Gasteiger partial charge >= 0.3 is 0 Å². The van der Waals surface area contributed by atoms with Gasteiger partial charge in [-0.2, -0.15) is 0 Å². The molecule has 1 amide bonds. The molecule has 0 aliphatic heterocycles. The minimum atomic E-state index is -0.121. The molecule has 5 nitrogen and oxygen atoms in total. The summed E-state index contributed by atoms with van der Waals surface area (Å²) in [5, 5.41) is 3.08. The zero-order chi connectivity index (χ0) is 14.8. The first-order valence-corrected chi connectivity index (χ1v) is 7.64. The Morgan fingerprint density at radius 1 is 1.39 bits per heavy atom. The van der Waals surface area contributed by atoms with Gasteiger partial charge in [0.25, 0.3) is 0 Å². The number of carbonyl (C=O) groups is 1. The Hall–Kier alpha value is -1.30. The molecular formula is C16H24Cl2N4O. The molecule has 1 aromatic heterocycles. The summed E-state index contributed by atoms with van der Waals surface area (Å²) in [5.41, 5.74) is 7.68. The quantitative estimate of drug-likeness (QED) is 0.785. The summed E-state index contributed by atoms with van der Waals surface area (Å²) in [6.45, 7) is 2.55. The third-order valence-corrected chi connectivity index (χ3v) is 4.48. The maximum Gasteiger partial charge on any atom is 0.224 e. The number of benzene rings is 1. The lowest BCUT2D eigenvalue weighted by atomic mass is 9.95. The molecule has 0 radical (unpaired) electrons. The molecule has 3 rings (SSSR count). The van der Waals surface area contributed by atoms with Crippen molar-refractivity contribution in [2.24, 2.45) is 17.6 Å². The highest BCUT2D eigenvalue weighted by Gasteiger charge is 2.32. The fourth-order valence-corrected chi connectivity index (χ4v) is 3.23. The van der Waals surface area contributed by atoms with Crippen LogP contribution in [0.2, 0.25) is 0 Å². The number of aromatic nitrogens is 2. The van der Waals surface area contributed by atoms with Crippen molar-refractivity contribution >= 4 is 41.8 Å². The van der Waals surface area contributed by atoms with Crippen LogP contribution >= 0.6 is 24.8 Å². The van der Waals surface area contributed by atoms with Crippen LogP contribution in [0.5, 0.6) is 0 Å². The van der Waals surface area contributed by atoms with Gasteiger partial charge in [0.1, 0.15) is 5.82 Å². The highest BCUT2D eigenvalue weighted by Crippen LogP contribution is 2.31. The van der Waals surface area contributed by atoms with Gasteiger partial charge in [-0.15, -0.1) is 24.8 Å². The number of H-pyrrole nitrogens is 1. The fraction of sp³-hybridized carbons (Fsp3) is 0.500. The topological polar surface area (TPSA) is 83.8 Å². The molecule has 128 valence electrons. The van der Waals surface area contributed by atoms with E-state index in [-0.39, 0.29) is 42.7 Å². The van der Waals surface area contributed by atoms with E-state index in [1.54, 1.807) is 0 Å². The van der Waals surface area contributed by atoms with Crippen molar-refractivity contribution in [3.05, 3.63) is 30.1 Å². The Balaban J connectivity index is 0.00000132. The van der Waals surface area contributed by atoms with Crippen molar-refractivity contribution in [2.45, 2.75) is 32.2 Å². The second-order valence-corrected chi connectivity index (χ2v) is 5.90. The zero-order valence-electron chi connectivity index (χ0n) is 13.1. The number of nitrogens with two attached hydrogens (primary N) is 1. The molecule has 0 spiro atoms. The third kappa shape index (κ3) is 4.16. The molecule has 1 fully saturated rings. The molecule has 2 aromatic rings. The molecular weight excluding hydrogens is 335 g/mol. The predicted octanol–water partition coefficient (Wildman–Crippen LogP) is 2.96. The highest BCUT2D eigenvalue weighted by atomic mass is 35.5. The number of hydrogen-bond donors (Lipinski definition) is 3. The number of amides is 1. The van der Waals surface area contributed by atoms with Gasteiger partial charge in [0.15, 0.2) is 0 Å². The molecule has 0 saturated heterocycles. The van der Waals surface area contributed by atoms with Crippen molar-refractivity contribution in [1.29, 1.82) is 0 Å². The average Bonchev–Trinajstić information content (AvgIpc) is 3.13. The van der Waals surface area contributed by atoms with E-state index in [2.05, 4.69) is 15.3 Å². The maximum absolute atomic E-state index is 12.4. The van der Waals surface area contributed by atoms with E-state index in [1.807, 2.05) is 31.2 Å². The first-order valence-electron chi connectivity index (χ1n) is 7.64. The van der Waals surface area contributed by atoms with Crippen molar-refractivity contribution in [1.82, 2.24) is 15.3 Å². The summed E-state index contributed by atoms with van der Waals surface area (Å²) in [6.07, 6.45) is 3.10. The minimum absolute atomic E-state index is 0. The molecule has 1 unspecified atom stereocenters. The van der Waals surface area contributed by atoms with Crippen LogP contribution in [-0.4, -0.2) is 22.4 Å². The van der Waals surface area contributed by atoms with Crippen LogP contribution in [0.25, 0.3) is 11.0 Å². The van der Waals surface area contributed by atoms with E-state index in [0.29, 0.717) is 12.5 Å². The van der Waals surface area contributed by atoms with Crippen LogP contribution in [0.15, 0.2) is 24.3 Å². The van der Waals surface area contributed by atoms with Crippen molar-refractivity contribution < 1.29 is 4.79 Å². The number of nitrogens with zero attached hydrogens (tertiary/aromatic N) is 1. The molecule has 1 heterocycles. The second-order valence-electron chi connectivity index (χ2n) is 5.90. The molecule has 3 atom stereocenters. The van der Waals surface area contributed by atoms with Gasteiger partial charge in [-0.05, 0) is 44.4 Å². The molecule has 1 aliphatic rings. The first-order chi connectivity index (χ1) is 10.2. The Morgan fingerprint density at radius 2 is 2.13 bits per heavy atom. The zero-order valence-corrected chi connectivity index (χ0v) is 14.8. The fourth-order valence-electron chi connectivity index (χ4n) is 3.23. The van der Waals surface area contributed by atoms with E-state index in [0.717, 1.165) is 36.1 Å². The standard InChI is InChI=1S/C16H22N4O.2ClH/c1-10(15-19-13-7-2-3-8-14(13)20-15)18-16(21)12-6-4-5-11(12)9-17;;/h2-3,7-8,10-12H,4-6,9,17H2,1H3,(H,18,21)(H,19,20);2*1H/t10?,11-,12-;;/m1../s1. The van der Waals surface area contributed by atoms with Gasteiger partial charge in [-0.1, -0.05) is 18.6 Å². The number of halogens is 2. The first kappa shape index (κ1) is 19.7. The summed E-state index contributed by atoms with van der Waals surface area (Å²) in [4.78, 5) is 20.2. The van der Waals surface area contributed by atoms with Gasteiger partial charge < -0.3 is 16.0 Å². The van der Waals surface area contributed by atoms with Gasteiger partial charge in [0, 0.05) is 5.92 Å². The van der Waals surface area contributed by atoms with Gasteiger partial charge in [-0.3, -0.25) is 4.79 Å². The van der Waals surface area contributed by atoms with Crippen molar-refractivity contribution in [3.63, 3.8) is 0 Å². The summed E-state index contributed by atoms with van der Waals surface area (Å²) >= 11 is 0. The van der Waals surface area contributed by atoms with Gasteiger partial charge in [-0.25, -0.2) is 4.98 Å². The Bertz CT molecular complexity index is 613. The monoisotopic (exact) mass is 358 g/mol. The SMILES string of the molecule is CC(NC(=O)[C@@H]1CCC[C@@H]1CN)c1nc2ccccc2[nH]1.Cl.Cl. The van der Waals surface area contributed by atoms with E-state index in [9.17, 15) is 4.79 Å². The van der Waals surface area contributed by atoms with Crippen LogP contribution < -0.4 is 11.1 Å². The minimum Gasteiger partial charge on any atom is -0.346 e. The van der Waals surface area contributed by atoms with E-state index in [1.165, 1.54) is 0 Å². The highest BCUT2D eigenvalue weighted by molar-refractivity contribution is 5.85. The molecule has 1 aliphatic carbocycles. The van der Waals surface area contributed by atoms with E-state index >= 15 is 0 Å². The van der Waals surface area contributed by atoms with Crippen LogP contribution in [0.3, 0.4) is 0 Å². The van der Waals surface area contributed by atoms with E-state index in [4.69, 9.17) is 5.73 Å². The molecule has 0 bridgehead atoms. The summed E-state index contributed by atoms with van der Waals surface area (Å²) < 4.78 is 0. The number of hydrogen-bond acceptors (Lipinski definition) is 3. The normalized spacial score (nSPS) is 21.3. The lowest BCUT2D eigenvalue weighted by molar-refractivity contribution is -0.126. The van der Waals surface area contributed by atoms with Crippen LogP contribution in [-0.2, 0) is 4.79 Å². The molecule has 4 N–H and O–H groups in total. The Labute approximate surface area is 148 Å². The number of fused-ring (bicyclic) bond motifs is 1. The number of imidazole rings is 1. The Morgan fingerprint density at radius 3 is 2.83 bits per heavy atom. The largest absolute Gasteiger partial charge is 0.346 e. The average molecular weight is 359 g/mol. The number of aromatic amines is 1. The van der Waals surface area contributed by atoms with Crippen LogP contribution in [0, 0.1) is 11.8 Å². The van der Waals surface area contributed by atoms with Crippen LogP contribution in [0.1, 0.15) is 38.1 Å². The number of carbonyl (C=O) groups excluding carboxylic acids is 1. The van der Waals surface area contributed by atoms with E-state index < -0.39 is 0 Å². The maximum atomic E-state index is 12.4. The summed E-state index contributed by atoms with van der Waals surface area (Å²) in [7, 11) is 0. The van der Waals surface area contributed by atoms with Gasteiger partial charge in [0.05, 0.1) is 17.1 Å². The number of para-hydroxylation sites is 2. The van der Waals surface area contributed by atoms with Gasteiger partial charge in [0.2, 0.25) is 5.91 Å². The molecule has 23 heavy (non-hydrogen) atoms. The summed E-state index contributed by atoms with van der Waals surface area (Å²) in [6, 6.07) is 7.76. The lowest BCUT2D eigenvalue weighted by Crippen LogP contribution is -2.36. The number of rotatable bonds is 4.